The van der Waals surface area contributed by atoms with Gasteiger partial charge in [0.05, 0.1) is 31.2 Å². The third-order valence-electron chi connectivity index (χ3n) is 3.36. The predicted octanol–water partition coefficient (Wildman–Crippen LogP) is 0.101. The van der Waals surface area contributed by atoms with Crippen molar-refractivity contribution in [2.45, 2.75) is 6.10 Å². The van der Waals surface area contributed by atoms with E-state index >= 15 is 0 Å². The highest BCUT2D eigenvalue weighted by Crippen LogP contribution is 2.11. The molecule has 1 N–H and O–H groups in total. The Morgan fingerprint density at radius 1 is 1.38 bits per heavy atom. The molecule has 0 saturated carbocycles. The van der Waals surface area contributed by atoms with Gasteiger partial charge in [0.1, 0.15) is 0 Å². The zero-order chi connectivity index (χ0) is 14.7. The van der Waals surface area contributed by atoms with Crippen LogP contribution in [0.5, 0.6) is 0 Å². The molecule has 7 heteroatoms. The van der Waals surface area contributed by atoms with Gasteiger partial charge in [-0.1, -0.05) is 23.4 Å². The molecule has 1 amide bonds. The maximum atomic E-state index is 12.4. The van der Waals surface area contributed by atoms with Crippen LogP contribution in [0.15, 0.2) is 36.5 Å². The van der Waals surface area contributed by atoms with E-state index in [2.05, 4.69) is 10.3 Å². The van der Waals surface area contributed by atoms with E-state index in [-0.39, 0.29) is 24.3 Å². The first kappa shape index (κ1) is 13.7. The molecule has 2 heterocycles. The van der Waals surface area contributed by atoms with Gasteiger partial charge in [-0.2, -0.15) is 0 Å². The second-order valence-electron chi connectivity index (χ2n) is 4.81. The van der Waals surface area contributed by atoms with E-state index in [1.165, 1.54) is 0 Å². The summed E-state index contributed by atoms with van der Waals surface area (Å²) in [5, 5.41) is 17.0. The fraction of sp³-hybridized carbons (Fsp3) is 0.357. The maximum absolute atomic E-state index is 12.4. The van der Waals surface area contributed by atoms with Gasteiger partial charge in [0.25, 0.3) is 5.91 Å². The average molecular weight is 288 g/mol. The Morgan fingerprint density at radius 2 is 2.19 bits per heavy atom. The van der Waals surface area contributed by atoms with Gasteiger partial charge in [-0.25, -0.2) is 4.68 Å². The molecule has 3 rings (SSSR count). The van der Waals surface area contributed by atoms with Crippen molar-refractivity contribution >= 4 is 5.91 Å². The molecule has 1 fully saturated rings. The summed E-state index contributed by atoms with van der Waals surface area (Å²) in [5.41, 5.74) is 1.14. The molecule has 0 radical (unpaired) electrons. The van der Waals surface area contributed by atoms with E-state index in [9.17, 15) is 4.79 Å². The van der Waals surface area contributed by atoms with Gasteiger partial charge in [0.15, 0.2) is 5.69 Å². The van der Waals surface area contributed by atoms with Crippen molar-refractivity contribution in [3.05, 3.63) is 42.2 Å². The number of aromatic nitrogens is 3. The molecule has 1 aromatic carbocycles. The van der Waals surface area contributed by atoms with Crippen LogP contribution in [-0.2, 0) is 4.74 Å². The SMILES string of the molecule is O=C(c1cn(-c2ccccc2)nn1)N1CCOC(CO)C1. The molecule has 1 aromatic heterocycles. The number of carbonyl (C=O) groups is 1. The normalized spacial score (nSPS) is 18.7. The highest BCUT2D eigenvalue weighted by molar-refractivity contribution is 5.92. The Kier molecular flexibility index (Phi) is 3.94. The lowest BCUT2D eigenvalue weighted by Gasteiger charge is -2.31. The first-order valence-electron chi connectivity index (χ1n) is 6.77. The molecular formula is C14H16N4O3. The molecule has 1 unspecified atom stereocenters. The van der Waals surface area contributed by atoms with Gasteiger partial charge in [-0.15, -0.1) is 5.10 Å². The van der Waals surface area contributed by atoms with Crippen molar-refractivity contribution in [2.24, 2.45) is 0 Å². The van der Waals surface area contributed by atoms with Crippen molar-refractivity contribution in [2.75, 3.05) is 26.3 Å². The molecule has 1 aliphatic heterocycles. The minimum absolute atomic E-state index is 0.0967. The molecule has 0 spiro atoms. The van der Waals surface area contributed by atoms with Gasteiger partial charge in [-0.3, -0.25) is 4.79 Å². The molecular weight excluding hydrogens is 272 g/mol. The third kappa shape index (κ3) is 2.93. The number of aliphatic hydroxyl groups is 1. The van der Waals surface area contributed by atoms with Crippen molar-refractivity contribution in [1.29, 1.82) is 0 Å². The number of morpholine rings is 1. The number of para-hydroxylation sites is 1. The molecule has 1 saturated heterocycles. The Morgan fingerprint density at radius 3 is 2.95 bits per heavy atom. The molecule has 0 bridgehead atoms. The Bertz CT molecular complexity index is 614. The van der Waals surface area contributed by atoms with Crippen LogP contribution in [-0.4, -0.2) is 63.3 Å². The third-order valence-corrected chi connectivity index (χ3v) is 3.36. The van der Waals surface area contributed by atoms with Crippen molar-refractivity contribution < 1.29 is 14.6 Å². The summed E-state index contributed by atoms with van der Waals surface area (Å²) in [5.74, 6) is -0.195. The first-order chi connectivity index (χ1) is 10.3. The number of hydrogen-bond donors (Lipinski definition) is 1. The number of hydrogen-bond acceptors (Lipinski definition) is 5. The zero-order valence-electron chi connectivity index (χ0n) is 11.4. The van der Waals surface area contributed by atoms with Crippen LogP contribution >= 0.6 is 0 Å². The second-order valence-corrected chi connectivity index (χ2v) is 4.81. The number of rotatable bonds is 3. The van der Waals surface area contributed by atoms with Crippen molar-refractivity contribution in [3.63, 3.8) is 0 Å². The quantitative estimate of drug-likeness (QED) is 0.866. The van der Waals surface area contributed by atoms with E-state index in [1.807, 2.05) is 30.3 Å². The Labute approximate surface area is 121 Å². The summed E-state index contributed by atoms with van der Waals surface area (Å²) in [6, 6.07) is 9.48. The van der Waals surface area contributed by atoms with Gasteiger partial charge in [-0.05, 0) is 12.1 Å². The Hall–Kier alpha value is -2.25. The van der Waals surface area contributed by atoms with Gasteiger partial charge in [0, 0.05) is 13.1 Å². The number of amides is 1. The fourth-order valence-corrected chi connectivity index (χ4v) is 2.24. The minimum Gasteiger partial charge on any atom is -0.394 e. The van der Waals surface area contributed by atoms with Crippen LogP contribution in [0, 0.1) is 0 Å². The average Bonchev–Trinajstić information content (AvgIpc) is 3.05. The summed E-state index contributed by atoms with van der Waals surface area (Å²) < 4.78 is 6.90. The van der Waals surface area contributed by atoms with Crippen LogP contribution in [0.2, 0.25) is 0 Å². The molecule has 7 nitrogen and oxygen atoms in total. The summed E-state index contributed by atoms with van der Waals surface area (Å²) in [6.45, 7) is 1.19. The number of aliphatic hydroxyl groups excluding tert-OH is 1. The maximum Gasteiger partial charge on any atom is 0.276 e. The number of benzene rings is 1. The van der Waals surface area contributed by atoms with Crippen LogP contribution in [0.4, 0.5) is 0 Å². The standard InChI is InChI=1S/C14H16N4O3/c19-10-12-8-17(6-7-21-12)14(20)13-9-18(16-15-13)11-4-2-1-3-5-11/h1-5,9,12,19H,6-8,10H2. The zero-order valence-corrected chi connectivity index (χ0v) is 11.4. The number of ether oxygens (including phenoxy) is 1. The first-order valence-corrected chi connectivity index (χ1v) is 6.77. The topological polar surface area (TPSA) is 80.5 Å². The fourth-order valence-electron chi connectivity index (χ4n) is 2.24. The monoisotopic (exact) mass is 288 g/mol. The van der Waals surface area contributed by atoms with Gasteiger partial charge in [0.2, 0.25) is 0 Å². The minimum atomic E-state index is -0.327. The van der Waals surface area contributed by atoms with Gasteiger partial charge < -0.3 is 14.7 Å². The van der Waals surface area contributed by atoms with Crippen LogP contribution < -0.4 is 0 Å². The van der Waals surface area contributed by atoms with Crippen molar-refractivity contribution in [3.8, 4) is 5.69 Å². The van der Waals surface area contributed by atoms with Crippen LogP contribution in [0.25, 0.3) is 5.69 Å². The van der Waals surface area contributed by atoms with E-state index in [0.717, 1.165) is 5.69 Å². The lowest BCUT2D eigenvalue weighted by atomic mass is 10.2. The number of nitrogens with zero attached hydrogens (tertiary/aromatic N) is 4. The molecule has 2 aromatic rings. The second kappa shape index (κ2) is 6.02. The summed E-state index contributed by atoms with van der Waals surface area (Å²) in [4.78, 5) is 14.0. The van der Waals surface area contributed by atoms with E-state index < -0.39 is 0 Å². The highest BCUT2D eigenvalue weighted by Gasteiger charge is 2.26. The van der Waals surface area contributed by atoms with E-state index in [0.29, 0.717) is 19.7 Å². The largest absolute Gasteiger partial charge is 0.394 e. The molecule has 21 heavy (non-hydrogen) atoms. The lowest BCUT2D eigenvalue weighted by molar-refractivity contribution is -0.0448. The summed E-state index contributed by atoms with van der Waals surface area (Å²) in [6.07, 6.45) is 1.29. The van der Waals surface area contributed by atoms with Gasteiger partial charge >= 0.3 is 0 Å². The number of carbonyl (C=O) groups excluding carboxylic acids is 1. The van der Waals surface area contributed by atoms with Crippen LogP contribution in [0.1, 0.15) is 10.5 Å². The van der Waals surface area contributed by atoms with Crippen LogP contribution in [0.3, 0.4) is 0 Å². The smallest absolute Gasteiger partial charge is 0.276 e. The highest BCUT2D eigenvalue weighted by atomic mass is 16.5. The summed E-state index contributed by atoms with van der Waals surface area (Å²) >= 11 is 0. The lowest BCUT2D eigenvalue weighted by Crippen LogP contribution is -2.47. The summed E-state index contributed by atoms with van der Waals surface area (Å²) in [7, 11) is 0. The van der Waals surface area contributed by atoms with E-state index in [1.54, 1.807) is 15.8 Å². The van der Waals surface area contributed by atoms with Crippen molar-refractivity contribution in [1.82, 2.24) is 19.9 Å². The van der Waals surface area contributed by atoms with E-state index in [4.69, 9.17) is 9.84 Å². The molecule has 1 atom stereocenters. The predicted molar refractivity (Wildman–Crippen MR) is 74.1 cm³/mol. The molecule has 1 aliphatic rings. The Balaban J connectivity index is 1.75. The molecule has 110 valence electrons. The molecule has 0 aliphatic carbocycles.